The molecule has 6 heteroatoms. The fraction of sp³-hybridized carbons (Fsp3) is 0.417. The van der Waals surface area contributed by atoms with E-state index in [1.165, 1.54) is 12.1 Å². The summed E-state index contributed by atoms with van der Waals surface area (Å²) in [4.78, 5) is 10.7. The second-order valence-electron chi connectivity index (χ2n) is 4.45. The standard InChI is InChI=1S/C12H17NO4S/c1-8(2)9-3-5-10(6-4-9)18(16,17)7-11(13)12(14)15/h3-6,8,11H,7,13H2,1-2H3,(H,14,15). The van der Waals surface area contributed by atoms with E-state index in [0.717, 1.165) is 5.56 Å². The van der Waals surface area contributed by atoms with Gasteiger partial charge in [0.25, 0.3) is 0 Å². The zero-order valence-corrected chi connectivity index (χ0v) is 11.1. The number of carboxylic acids is 1. The largest absolute Gasteiger partial charge is 0.480 e. The van der Waals surface area contributed by atoms with Gasteiger partial charge in [-0.25, -0.2) is 8.42 Å². The fourth-order valence-electron chi connectivity index (χ4n) is 1.46. The third-order valence-electron chi connectivity index (χ3n) is 2.62. The summed E-state index contributed by atoms with van der Waals surface area (Å²) < 4.78 is 23.8. The van der Waals surface area contributed by atoms with Crippen LogP contribution in [0.15, 0.2) is 29.2 Å². The maximum Gasteiger partial charge on any atom is 0.321 e. The maximum atomic E-state index is 11.9. The molecule has 1 atom stereocenters. The molecule has 0 radical (unpaired) electrons. The molecule has 0 aromatic heterocycles. The molecule has 0 fully saturated rings. The highest BCUT2D eigenvalue weighted by Crippen LogP contribution is 2.18. The summed E-state index contributed by atoms with van der Waals surface area (Å²) in [6, 6.07) is 5.02. The van der Waals surface area contributed by atoms with Crippen LogP contribution in [-0.4, -0.2) is 31.3 Å². The van der Waals surface area contributed by atoms with Crippen molar-refractivity contribution in [2.24, 2.45) is 5.73 Å². The lowest BCUT2D eigenvalue weighted by Gasteiger charge is -2.09. The van der Waals surface area contributed by atoms with Crippen LogP contribution < -0.4 is 5.73 Å². The van der Waals surface area contributed by atoms with Gasteiger partial charge in [-0.3, -0.25) is 4.79 Å². The molecule has 1 aromatic rings. The summed E-state index contributed by atoms with van der Waals surface area (Å²) >= 11 is 0. The van der Waals surface area contributed by atoms with Crippen LogP contribution in [0.25, 0.3) is 0 Å². The maximum absolute atomic E-state index is 11.9. The van der Waals surface area contributed by atoms with Gasteiger partial charge >= 0.3 is 5.97 Å². The molecule has 3 N–H and O–H groups in total. The molecule has 0 heterocycles. The van der Waals surface area contributed by atoms with E-state index >= 15 is 0 Å². The minimum atomic E-state index is -3.65. The van der Waals surface area contributed by atoms with Crippen molar-refractivity contribution in [1.29, 1.82) is 0 Å². The van der Waals surface area contributed by atoms with Crippen molar-refractivity contribution in [2.45, 2.75) is 30.7 Å². The van der Waals surface area contributed by atoms with Gasteiger partial charge in [-0.1, -0.05) is 26.0 Å². The predicted octanol–water partition coefficient (Wildman–Crippen LogP) is 0.996. The average Bonchev–Trinajstić information content (AvgIpc) is 2.28. The van der Waals surface area contributed by atoms with Gasteiger partial charge in [-0.15, -0.1) is 0 Å². The highest BCUT2D eigenvalue weighted by molar-refractivity contribution is 7.91. The Morgan fingerprint density at radius 3 is 2.17 bits per heavy atom. The molecule has 0 aliphatic heterocycles. The van der Waals surface area contributed by atoms with E-state index in [-0.39, 0.29) is 4.90 Å². The zero-order valence-electron chi connectivity index (χ0n) is 10.3. The van der Waals surface area contributed by atoms with Gasteiger partial charge in [-0.05, 0) is 23.6 Å². The summed E-state index contributed by atoms with van der Waals surface area (Å²) in [5.41, 5.74) is 6.26. The van der Waals surface area contributed by atoms with Crippen LogP contribution in [0.1, 0.15) is 25.3 Å². The lowest BCUT2D eigenvalue weighted by molar-refractivity contribution is -0.137. The lowest BCUT2D eigenvalue weighted by Crippen LogP contribution is -2.37. The van der Waals surface area contributed by atoms with Crippen molar-refractivity contribution >= 4 is 15.8 Å². The average molecular weight is 271 g/mol. The molecule has 0 aliphatic rings. The van der Waals surface area contributed by atoms with Crippen LogP contribution in [0, 0.1) is 0 Å². The summed E-state index contributed by atoms with van der Waals surface area (Å²) in [5, 5.41) is 8.62. The Bertz CT molecular complexity index is 520. The first-order valence-corrected chi connectivity index (χ1v) is 7.20. The molecular weight excluding hydrogens is 254 g/mol. The van der Waals surface area contributed by atoms with E-state index in [1.54, 1.807) is 12.1 Å². The Labute approximate surface area is 107 Å². The van der Waals surface area contributed by atoms with Crippen molar-refractivity contribution in [3.05, 3.63) is 29.8 Å². The minimum absolute atomic E-state index is 0.101. The molecule has 0 saturated heterocycles. The molecule has 18 heavy (non-hydrogen) atoms. The van der Waals surface area contributed by atoms with Crippen LogP contribution in [-0.2, 0) is 14.6 Å². The molecule has 100 valence electrons. The molecule has 0 aliphatic carbocycles. The smallest absolute Gasteiger partial charge is 0.321 e. The van der Waals surface area contributed by atoms with E-state index < -0.39 is 27.6 Å². The third-order valence-corrected chi connectivity index (χ3v) is 4.41. The summed E-state index contributed by atoms with van der Waals surface area (Å²) in [6.45, 7) is 4.01. The lowest BCUT2D eigenvalue weighted by atomic mass is 10.0. The molecule has 0 amide bonds. The van der Waals surface area contributed by atoms with Crippen molar-refractivity contribution < 1.29 is 18.3 Å². The number of carboxylic acid groups (broad SMARTS) is 1. The molecule has 1 unspecified atom stereocenters. The zero-order chi connectivity index (χ0) is 13.9. The molecule has 0 spiro atoms. The molecular formula is C12H17NO4S. The number of hydrogen-bond donors (Lipinski definition) is 2. The quantitative estimate of drug-likeness (QED) is 0.832. The van der Waals surface area contributed by atoms with Gasteiger partial charge < -0.3 is 10.8 Å². The molecule has 0 saturated carbocycles. The van der Waals surface area contributed by atoms with E-state index in [0.29, 0.717) is 5.92 Å². The second kappa shape index (κ2) is 5.49. The van der Waals surface area contributed by atoms with Gasteiger partial charge in [0.05, 0.1) is 10.6 Å². The molecule has 1 aromatic carbocycles. The van der Waals surface area contributed by atoms with Crippen molar-refractivity contribution in [3.8, 4) is 0 Å². The summed E-state index contributed by atoms with van der Waals surface area (Å²) in [5.74, 6) is -1.61. The third kappa shape index (κ3) is 3.54. The molecule has 1 rings (SSSR count). The fourth-order valence-corrected chi connectivity index (χ4v) is 2.82. The Balaban J connectivity index is 2.95. The van der Waals surface area contributed by atoms with Crippen LogP contribution in [0.2, 0.25) is 0 Å². The monoisotopic (exact) mass is 271 g/mol. The second-order valence-corrected chi connectivity index (χ2v) is 6.48. The number of rotatable bonds is 5. The predicted molar refractivity (Wildman–Crippen MR) is 68.2 cm³/mol. The number of sulfone groups is 1. The van der Waals surface area contributed by atoms with Crippen LogP contribution in [0.4, 0.5) is 0 Å². The van der Waals surface area contributed by atoms with E-state index in [1.807, 2.05) is 13.8 Å². The normalized spacial score (nSPS) is 13.6. The van der Waals surface area contributed by atoms with Crippen molar-refractivity contribution in [1.82, 2.24) is 0 Å². The van der Waals surface area contributed by atoms with Gasteiger partial charge in [0.15, 0.2) is 9.84 Å². The molecule has 0 bridgehead atoms. The first-order valence-electron chi connectivity index (χ1n) is 5.55. The topological polar surface area (TPSA) is 97.5 Å². The molecule has 5 nitrogen and oxygen atoms in total. The van der Waals surface area contributed by atoms with Crippen molar-refractivity contribution in [2.75, 3.05) is 5.75 Å². The van der Waals surface area contributed by atoms with Gasteiger partial charge in [0.1, 0.15) is 6.04 Å². The Morgan fingerprint density at radius 1 is 1.28 bits per heavy atom. The van der Waals surface area contributed by atoms with Gasteiger partial charge in [-0.2, -0.15) is 0 Å². The first-order chi connectivity index (χ1) is 8.24. The van der Waals surface area contributed by atoms with Gasteiger partial charge in [0, 0.05) is 0 Å². The number of carbonyl (C=O) groups is 1. The van der Waals surface area contributed by atoms with E-state index in [4.69, 9.17) is 10.8 Å². The van der Waals surface area contributed by atoms with Gasteiger partial charge in [0.2, 0.25) is 0 Å². The summed E-state index contributed by atoms with van der Waals surface area (Å²) in [7, 11) is -3.65. The van der Waals surface area contributed by atoms with Crippen LogP contribution in [0.3, 0.4) is 0 Å². The summed E-state index contributed by atoms with van der Waals surface area (Å²) in [6.07, 6.45) is 0. The highest BCUT2D eigenvalue weighted by atomic mass is 32.2. The van der Waals surface area contributed by atoms with Crippen LogP contribution in [0.5, 0.6) is 0 Å². The number of hydrogen-bond acceptors (Lipinski definition) is 4. The first kappa shape index (κ1) is 14.7. The van der Waals surface area contributed by atoms with E-state index in [2.05, 4.69) is 0 Å². The Kier molecular flexibility index (Phi) is 4.48. The highest BCUT2D eigenvalue weighted by Gasteiger charge is 2.23. The number of aliphatic carboxylic acids is 1. The Hall–Kier alpha value is -1.40. The Morgan fingerprint density at radius 2 is 1.78 bits per heavy atom. The number of benzene rings is 1. The van der Waals surface area contributed by atoms with E-state index in [9.17, 15) is 13.2 Å². The SMILES string of the molecule is CC(C)c1ccc(S(=O)(=O)CC(N)C(=O)O)cc1. The van der Waals surface area contributed by atoms with Crippen molar-refractivity contribution in [3.63, 3.8) is 0 Å². The number of nitrogens with two attached hydrogens (primary N) is 1. The minimum Gasteiger partial charge on any atom is -0.480 e. The van der Waals surface area contributed by atoms with Crippen LogP contribution >= 0.6 is 0 Å².